The van der Waals surface area contributed by atoms with Gasteiger partial charge in [-0.3, -0.25) is 5.01 Å². The number of hydrogen-bond acceptors (Lipinski definition) is 3. The van der Waals surface area contributed by atoms with Crippen molar-refractivity contribution in [1.82, 2.24) is 5.01 Å². The summed E-state index contributed by atoms with van der Waals surface area (Å²) in [5.74, 6) is 0.989. The minimum atomic E-state index is 0.00435. The quantitative estimate of drug-likeness (QED) is 0.808. The topological polar surface area (TPSA) is 24.8 Å². The third-order valence-corrected chi connectivity index (χ3v) is 4.56. The van der Waals surface area contributed by atoms with E-state index in [2.05, 4.69) is 30.1 Å². The van der Waals surface area contributed by atoms with Gasteiger partial charge in [-0.1, -0.05) is 48.9 Å². The van der Waals surface area contributed by atoms with Crippen molar-refractivity contribution in [3.05, 3.63) is 64.7 Å². The monoisotopic (exact) mass is 312 g/mol. The summed E-state index contributed by atoms with van der Waals surface area (Å²) in [5.41, 5.74) is 3.45. The Hall–Kier alpha value is -2.00. The Kier molecular flexibility index (Phi) is 3.30. The van der Waals surface area contributed by atoms with Crippen LogP contribution >= 0.6 is 11.6 Å². The molecular formula is C18H17ClN2O. The fourth-order valence-corrected chi connectivity index (χ4v) is 3.32. The molecule has 2 atom stereocenters. The molecule has 0 aliphatic carbocycles. The fourth-order valence-electron chi connectivity index (χ4n) is 3.20. The van der Waals surface area contributed by atoms with E-state index in [1.807, 2.05) is 30.3 Å². The molecule has 3 nitrogen and oxygen atoms in total. The Morgan fingerprint density at radius 2 is 1.95 bits per heavy atom. The van der Waals surface area contributed by atoms with E-state index in [1.54, 1.807) is 0 Å². The molecule has 2 aliphatic rings. The van der Waals surface area contributed by atoms with Crippen LogP contribution in [0, 0.1) is 0 Å². The maximum absolute atomic E-state index is 6.10. The summed E-state index contributed by atoms with van der Waals surface area (Å²) in [6.07, 6.45) is 1.81. The lowest BCUT2D eigenvalue weighted by molar-refractivity contribution is -0.0188. The summed E-state index contributed by atoms with van der Waals surface area (Å²) in [4.78, 5) is 0. The van der Waals surface area contributed by atoms with Crippen molar-refractivity contribution in [2.45, 2.75) is 32.0 Å². The number of benzene rings is 2. The molecule has 22 heavy (non-hydrogen) atoms. The Morgan fingerprint density at radius 3 is 2.73 bits per heavy atom. The molecule has 2 unspecified atom stereocenters. The van der Waals surface area contributed by atoms with Crippen LogP contribution in [0.1, 0.15) is 36.9 Å². The van der Waals surface area contributed by atoms with Gasteiger partial charge in [0.2, 0.25) is 0 Å². The molecule has 0 fully saturated rings. The third-order valence-electron chi connectivity index (χ3n) is 4.30. The first kappa shape index (κ1) is 13.6. The lowest BCUT2D eigenvalue weighted by Gasteiger charge is -2.37. The second-order valence-electron chi connectivity index (χ2n) is 5.67. The second-order valence-corrected chi connectivity index (χ2v) is 6.11. The molecule has 0 amide bonds. The van der Waals surface area contributed by atoms with Crippen LogP contribution in [0.3, 0.4) is 0 Å². The molecule has 4 rings (SSSR count). The summed E-state index contributed by atoms with van der Waals surface area (Å²) in [7, 11) is 0. The van der Waals surface area contributed by atoms with E-state index in [0.29, 0.717) is 0 Å². The zero-order valence-corrected chi connectivity index (χ0v) is 13.1. The molecule has 2 aromatic rings. The van der Waals surface area contributed by atoms with Crippen LogP contribution in [0.2, 0.25) is 5.02 Å². The summed E-state index contributed by atoms with van der Waals surface area (Å²) < 4.78 is 6.10. The normalized spacial score (nSPS) is 22.6. The highest BCUT2D eigenvalue weighted by Crippen LogP contribution is 2.43. The largest absolute Gasteiger partial charge is 0.469 e. The van der Waals surface area contributed by atoms with Gasteiger partial charge in [0, 0.05) is 23.4 Å². The van der Waals surface area contributed by atoms with Crippen LogP contribution in [0.4, 0.5) is 0 Å². The highest BCUT2D eigenvalue weighted by atomic mass is 35.5. The number of nitrogens with zero attached hydrogens (tertiary/aromatic N) is 2. The fraction of sp³-hybridized carbons (Fsp3) is 0.278. The molecule has 0 saturated heterocycles. The summed E-state index contributed by atoms with van der Waals surface area (Å²) in [5, 5.41) is 7.71. The first-order valence-electron chi connectivity index (χ1n) is 7.63. The van der Waals surface area contributed by atoms with Gasteiger partial charge < -0.3 is 4.74 Å². The zero-order valence-electron chi connectivity index (χ0n) is 12.4. The average molecular weight is 313 g/mol. The second kappa shape index (κ2) is 5.33. The van der Waals surface area contributed by atoms with Gasteiger partial charge in [-0.25, -0.2) is 0 Å². The standard InChI is InChI=1S/C18H17ClN2O/c1-2-18-21-16(14-5-3-4-6-17(14)22-18)11-15(20-21)12-7-9-13(19)10-8-12/h3-10,16,18H,2,11H2,1H3. The molecule has 2 aliphatic heterocycles. The van der Waals surface area contributed by atoms with Crippen LogP contribution in [0.5, 0.6) is 5.75 Å². The Labute approximate surface area is 135 Å². The van der Waals surface area contributed by atoms with Crippen molar-refractivity contribution in [3.63, 3.8) is 0 Å². The number of rotatable bonds is 2. The van der Waals surface area contributed by atoms with E-state index >= 15 is 0 Å². The molecule has 112 valence electrons. The van der Waals surface area contributed by atoms with Crippen LogP contribution in [0.15, 0.2) is 53.6 Å². The van der Waals surface area contributed by atoms with Crippen LogP contribution < -0.4 is 4.74 Å². The van der Waals surface area contributed by atoms with Gasteiger partial charge in [0.05, 0.1) is 11.8 Å². The lowest BCUT2D eigenvalue weighted by atomic mass is 9.96. The van der Waals surface area contributed by atoms with E-state index < -0.39 is 0 Å². The summed E-state index contributed by atoms with van der Waals surface area (Å²) in [6.45, 7) is 2.13. The molecule has 0 bridgehead atoms. The molecule has 2 heterocycles. The molecule has 2 aromatic carbocycles. The van der Waals surface area contributed by atoms with Crippen molar-refractivity contribution in [1.29, 1.82) is 0 Å². The molecule has 0 N–H and O–H groups in total. The number of halogens is 1. The third kappa shape index (κ3) is 2.17. The van der Waals surface area contributed by atoms with Crippen molar-refractivity contribution in [2.75, 3.05) is 0 Å². The Morgan fingerprint density at radius 1 is 1.18 bits per heavy atom. The van der Waals surface area contributed by atoms with E-state index in [4.69, 9.17) is 21.4 Å². The number of hydrazone groups is 1. The number of fused-ring (bicyclic) bond motifs is 3. The van der Waals surface area contributed by atoms with Gasteiger partial charge in [-0.2, -0.15) is 5.10 Å². The Bertz CT molecular complexity index is 726. The van der Waals surface area contributed by atoms with Gasteiger partial charge in [0.1, 0.15) is 5.75 Å². The van der Waals surface area contributed by atoms with Crippen molar-refractivity contribution in [3.8, 4) is 5.75 Å². The van der Waals surface area contributed by atoms with Gasteiger partial charge in [-0.05, 0) is 23.8 Å². The van der Waals surface area contributed by atoms with Gasteiger partial charge in [0.25, 0.3) is 0 Å². The maximum Gasteiger partial charge on any atom is 0.187 e. The molecular weight excluding hydrogens is 296 g/mol. The average Bonchev–Trinajstić information content (AvgIpc) is 3.00. The molecule has 0 radical (unpaired) electrons. The molecule has 0 spiro atoms. The SMILES string of the molecule is CCC1Oc2ccccc2C2CC(c3ccc(Cl)cc3)=NN12. The minimum Gasteiger partial charge on any atom is -0.469 e. The van der Waals surface area contributed by atoms with Crippen molar-refractivity contribution in [2.24, 2.45) is 5.10 Å². The van der Waals surface area contributed by atoms with Crippen molar-refractivity contribution < 1.29 is 4.74 Å². The highest BCUT2D eigenvalue weighted by Gasteiger charge is 2.39. The smallest absolute Gasteiger partial charge is 0.187 e. The van der Waals surface area contributed by atoms with Gasteiger partial charge in [-0.15, -0.1) is 0 Å². The van der Waals surface area contributed by atoms with Crippen LogP contribution in [-0.2, 0) is 0 Å². The maximum atomic E-state index is 6.10. The van der Waals surface area contributed by atoms with Gasteiger partial charge in [0.15, 0.2) is 6.23 Å². The predicted octanol–water partition coefficient (Wildman–Crippen LogP) is 4.62. The van der Waals surface area contributed by atoms with Crippen LogP contribution in [0.25, 0.3) is 0 Å². The van der Waals surface area contributed by atoms with Crippen molar-refractivity contribution >= 4 is 17.3 Å². The first-order valence-corrected chi connectivity index (χ1v) is 8.01. The molecule has 4 heteroatoms. The molecule has 0 saturated carbocycles. The van der Waals surface area contributed by atoms with E-state index in [1.165, 1.54) is 5.56 Å². The van der Waals surface area contributed by atoms with Gasteiger partial charge >= 0.3 is 0 Å². The predicted molar refractivity (Wildman–Crippen MR) is 88.3 cm³/mol. The summed E-state index contributed by atoms with van der Waals surface area (Å²) >= 11 is 5.98. The minimum absolute atomic E-state index is 0.00435. The number of hydrogen-bond donors (Lipinski definition) is 0. The van der Waals surface area contributed by atoms with E-state index in [-0.39, 0.29) is 12.3 Å². The number of ether oxygens (including phenoxy) is 1. The van der Waals surface area contributed by atoms with E-state index in [9.17, 15) is 0 Å². The van der Waals surface area contributed by atoms with E-state index in [0.717, 1.165) is 34.9 Å². The van der Waals surface area contributed by atoms with Crippen LogP contribution in [-0.4, -0.2) is 16.9 Å². The highest BCUT2D eigenvalue weighted by molar-refractivity contribution is 6.30. The number of para-hydroxylation sites is 1. The lowest BCUT2D eigenvalue weighted by Crippen LogP contribution is -2.39. The molecule has 0 aromatic heterocycles. The first-order chi connectivity index (χ1) is 10.8. The Balaban J connectivity index is 1.72. The zero-order chi connectivity index (χ0) is 15.1. The summed E-state index contributed by atoms with van der Waals surface area (Å²) in [6, 6.07) is 16.4.